The van der Waals surface area contributed by atoms with Gasteiger partial charge in [-0.05, 0) is 17.7 Å². The first-order valence-electron chi connectivity index (χ1n) is 5.82. The zero-order valence-electron chi connectivity index (χ0n) is 9.95. The Labute approximate surface area is 111 Å². The predicted molar refractivity (Wildman–Crippen MR) is 71.0 cm³/mol. The third-order valence-electron chi connectivity index (χ3n) is 3.06. The second-order valence-corrected chi connectivity index (χ2v) is 4.79. The minimum Gasteiger partial charge on any atom is -0.478 e. The van der Waals surface area contributed by atoms with Gasteiger partial charge in [-0.15, -0.1) is 0 Å². The van der Waals surface area contributed by atoms with Gasteiger partial charge in [0.2, 0.25) is 0 Å². The molecular weight excluding hydrogens is 254 g/mol. The summed E-state index contributed by atoms with van der Waals surface area (Å²) >= 11 is 5.93. The van der Waals surface area contributed by atoms with Crippen molar-refractivity contribution in [1.82, 2.24) is 10.2 Å². The van der Waals surface area contributed by atoms with Crippen molar-refractivity contribution in [3.05, 3.63) is 28.3 Å². The lowest BCUT2D eigenvalue weighted by molar-refractivity contribution is 0.0698. The van der Waals surface area contributed by atoms with Gasteiger partial charge in [-0.25, -0.2) is 4.79 Å². The maximum Gasteiger partial charge on any atom is 0.337 e. The van der Waals surface area contributed by atoms with Gasteiger partial charge in [-0.3, -0.25) is 4.90 Å². The number of halogens is 1. The van der Waals surface area contributed by atoms with Crippen LogP contribution in [0.4, 0.5) is 5.69 Å². The van der Waals surface area contributed by atoms with Crippen molar-refractivity contribution in [1.29, 1.82) is 0 Å². The highest BCUT2D eigenvalue weighted by Crippen LogP contribution is 2.25. The molecule has 2 rings (SSSR count). The van der Waals surface area contributed by atoms with Crippen LogP contribution in [0.2, 0.25) is 5.02 Å². The standard InChI is InChI=1S/C12H16ClN3O2/c13-9-5-8(7-16-3-1-15-2-4-16)11(14)10(6-9)12(17)18/h5-6,15H,1-4,7,14H2,(H,17,18). The van der Waals surface area contributed by atoms with Crippen LogP contribution in [-0.4, -0.2) is 42.2 Å². The van der Waals surface area contributed by atoms with Crippen molar-refractivity contribution >= 4 is 23.3 Å². The van der Waals surface area contributed by atoms with Crippen LogP contribution in [0.25, 0.3) is 0 Å². The first kappa shape index (κ1) is 13.1. The van der Waals surface area contributed by atoms with Crippen LogP contribution < -0.4 is 11.1 Å². The zero-order valence-corrected chi connectivity index (χ0v) is 10.7. The number of nitrogens with two attached hydrogens (primary N) is 1. The Bertz CT molecular complexity index is 459. The fourth-order valence-electron chi connectivity index (χ4n) is 2.09. The SMILES string of the molecule is Nc1c(CN2CCNCC2)cc(Cl)cc1C(=O)O. The van der Waals surface area contributed by atoms with E-state index < -0.39 is 5.97 Å². The molecule has 1 aromatic carbocycles. The van der Waals surface area contributed by atoms with Crippen molar-refractivity contribution in [3.63, 3.8) is 0 Å². The molecule has 1 aliphatic heterocycles. The predicted octanol–water partition coefficient (Wildman–Crippen LogP) is 1.03. The van der Waals surface area contributed by atoms with Gasteiger partial charge in [0.25, 0.3) is 0 Å². The number of benzene rings is 1. The smallest absolute Gasteiger partial charge is 0.337 e. The number of piperazine rings is 1. The van der Waals surface area contributed by atoms with Gasteiger partial charge in [0.15, 0.2) is 0 Å². The molecule has 0 amide bonds. The van der Waals surface area contributed by atoms with Crippen molar-refractivity contribution in [2.24, 2.45) is 0 Å². The summed E-state index contributed by atoms with van der Waals surface area (Å²) in [5.74, 6) is -1.04. The first-order valence-corrected chi connectivity index (χ1v) is 6.20. The van der Waals surface area contributed by atoms with Crippen molar-refractivity contribution < 1.29 is 9.90 Å². The lowest BCUT2D eigenvalue weighted by atomic mass is 10.1. The monoisotopic (exact) mass is 269 g/mol. The second kappa shape index (κ2) is 5.56. The number of hydrogen-bond acceptors (Lipinski definition) is 4. The quantitative estimate of drug-likeness (QED) is 0.714. The van der Waals surface area contributed by atoms with Crippen LogP contribution in [0.5, 0.6) is 0 Å². The molecule has 0 atom stereocenters. The van der Waals surface area contributed by atoms with Crippen LogP contribution in [0.3, 0.4) is 0 Å². The lowest BCUT2D eigenvalue weighted by Crippen LogP contribution is -2.43. The lowest BCUT2D eigenvalue weighted by Gasteiger charge is -2.27. The number of nitrogens with zero attached hydrogens (tertiary/aromatic N) is 1. The summed E-state index contributed by atoms with van der Waals surface area (Å²) in [7, 11) is 0. The molecule has 0 saturated carbocycles. The molecular formula is C12H16ClN3O2. The van der Waals surface area contributed by atoms with Gasteiger partial charge >= 0.3 is 5.97 Å². The summed E-state index contributed by atoms with van der Waals surface area (Å²) in [6.45, 7) is 4.36. The van der Waals surface area contributed by atoms with Gasteiger partial charge in [0.1, 0.15) is 0 Å². The molecule has 4 N–H and O–H groups in total. The number of rotatable bonds is 3. The summed E-state index contributed by atoms with van der Waals surface area (Å²) in [4.78, 5) is 13.3. The largest absolute Gasteiger partial charge is 0.478 e. The van der Waals surface area contributed by atoms with E-state index >= 15 is 0 Å². The highest BCUT2D eigenvalue weighted by Gasteiger charge is 2.16. The average Bonchev–Trinajstić information content (AvgIpc) is 2.34. The van der Waals surface area contributed by atoms with Gasteiger partial charge in [0, 0.05) is 37.7 Å². The number of aromatic carboxylic acids is 1. The molecule has 1 saturated heterocycles. The van der Waals surface area contributed by atoms with Crippen molar-refractivity contribution in [2.45, 2.75) is 6.54 Å². The third-order valence-corrected chi connectivity index (χ3v) is 3.28. The molecule has 0 radical (unpaired) electrons. The molecule has 0 unspecified atom stereocenters. The number of hydrogen-bond donors (Lipinski definition) is 3. The summed E-state index contributed by atoms with van der Waals surface area (Å²) in [5.41, 5.74) is 7.06. The Morgan fingerprint density at radius 1 is 1.44 bits per heavy atom. The second-order valence-electron chi connectivity index (χ2n) is 4.36. The number of carboxylic acids is 1. The van der Waals surface area contributed by atoms with E-state index in [4.69, 9.17) is 22.4 Å². The van der Waals surface area contributed by atoms with E-state index in [2.05, 4.69) is 10.2 Å². The Kier molecular flexibility index (Phi) is 4.06. The summed E-state index contributed by atoms with van der Waals surface area (Å²) in [6.07, 6.45) is 0. The van der Waals surface area contributed by atoms with Crippen molar-refractivity contribution in [2.75, 3.05) is 31.9 Å². The van der Waals surface area contributed by atoms with Crippen LogP contribution in [0, 0.1) is 0 Å². The van der Waals surface area contributed by atoms with Crippen LogP contribution >= 0.6 is 11.6 Å². The molecule has 1 heterocycles. The van der Waals surface area contributed by atoms with Crippen LogP contribution in [-0.2, 0) is 6.54 Å². The van der Waals surface area contributed by atoms with Gasteiger partial charge in [0.05, 0.1) is 11.3 Å². The molecule has 6 heteroatoms. The molecule has 5 nitrogen and oxygen atoms in total. The van der Waals surface area contributed by atoms with E-state index in [9.17, 15) is 4.79 Å². The Hall–Kier alpha value is -1.30. The minimum absolute atomic E-state index is 0.0765. The highest BCUT2D eigenvalue weighted by atomic mass is 35.5. The Morgan fingerprint density at radius 3 is 2.72 bits per heavy atom. The summed E-state index contributed by atoms with van der Waals surface area (Å²) < 4.78 is 0. The molecule has 0 aliphatic carbocycles. The van der Waals surface area contributed by atoms with Crippen molar-refractivity contribution in [3.8, 4) is 0 Å². The molecule has 18 heavy (non-hydrogen) atoms. The third kappa shape index (κ3) is 2.93. The maximum absolute atomic E-state index is 11.1. The van der Waals surface area contributed by atoms with Crippen LogP contribution in [0.1, 0.15) is 15.9 Å². The van der Waals surface area contributed by atoms with Gasteiger partial charge in [-0.2, -0.15) is 0 Å². The van der Waals surface area contributed by atoms with E-state index in [1.54, 1.807) is 6.07 Å². The molecule has 1 aliphatic rings. The molecule has 0 spiro atoms. The normalized spacial score (nSPS) is 16.7. The van der Waals surface area contributed by atoms with E-state index in [0.29, 0.717) is 17.3 Å². The van der Waals surface area contributed by atoms with E-state index in [1.807, 2.05) is 0 Å². The Morgan fingerprint density at radius 2 is 2.11 bits per heavy atom. The van der Waals surface area contributed by atoms with Gasteiger partial charge in [-0.1, -0.05) is 11.6 Å². The minimum atomic E-state index is -1.04. The molecule has 0 bridgehead atoms. The first-order chi connectivity index (χ1) is 8.58. The van der Waals surface area contributed by atoms with E-state index in [1.165, 1.54) is 6.07 Å². The van der Waals surface area contributed by atoms with Crippen LogP contribution in [0.15, 0.2) is 12.1 Å². The summed E-state index contributed by atoms with van der Waals surface area (Å²) in [6, 6.07) is 3.13. The fourth-order valence-corrected chi connectivity index (χ4v) is 2.33. The molecule has 98 valence electrons. The van der Waals surface area contributed by atoms with E-state index in [-0.39, 0.29) is 5.56 Å². The Balaban J connectivity index is 2.23. The number of nitrogen functional groups attached to an aromatic ring is 1. The van der Waals surface area contributed by atoms with Gasteiger partial charge < -0.3 is 16.2 Å². The topological polar surface area (TPSA) is 78.6 Å². The number of anilines is 1. The molecule has 1 aromatic rings. The maximum atomic E-state index is 11.1. The molecule has 1 fully saturated rings. The zero-order chi connectivity index (χ0) is 13.1. The number of carbonyl (C=O) groups is 1. The number of carboxylic acid groups (broad SMARTS) is 1. The summed E-state index contributed by atoms with van der Waals surface area (Å²) in [5, 5.41) is 12.7. The fraction of sp³-hybridized carbons (Fsp3) is 0.417. The highest BCUT2D eigenvalue weighted by molar-refractivity contribution is 6.31. The number of nitrogens with one attached hydrogen (secondary N) is 1. The van der Waals surface area contributed by atoms with E-state index in [0.717, 1.165) is 31.7 Å². The molecule has 0 aromatic heterocycles. The average molecular weight is 270 g/mol.